The molecule has 1 aliphatic heterocycles. The second-order valence-electron chi connectivity index (χ2n) is 8.40. The number of phenolic OH excluding ortho intramolecular Hbond substituents is 2. The molecule has 1 aromatic heterocycles. The molecule has 4 aromatic rings. The van der Waals surface area contributed by atoms with E-state index in [2.05, 4.69) is 10.2 Å². The van der Waals surface area contributed by atoms with Gasteiger partial charge >= 0.3 is 0 Å². The van der Waals surface area contributed by atoms with Gasteiger partial charge in [-0.1, -0.05) is 30.3 Å². The van der Waals surface area contributed by atoms with Gasteiger partial charge in [0.05, 0.1) is 6.04 Å². The number of amides is 1. The summed E-state index contributed by atoms with van der Waals surface area (Å²) in [6, 6.07) is 15.9. The van der Waals surface area contributed by atoms with E-state index in [1.807, 2.05) is 32.0 Å². The third kappa shape index (κ3) is 3.51. The van der Waals surface area contributed by atoms with Crippen LogP contribution in [0.1, 0.15) is 44.3 Å². The summed E-state index contributed by atoms with van der Waals surface area (Å²) >= 11 is 0. The van der Waals surface area contributed by atoms with Crippen molar-refractivity contribution in [3.05, 3.63) is 100.0 Å². The zero-order valence-electron chi connectivity index (χ0n) is 18.1. The average molecular weight is 443 g/mol. The zero-order valence-corrected chi connectivity index (χ0v) is 18.1. The Bertz CT molecular complexity index is 1380. The Hall–Kier alpha value is -4.13. The predicted octanol–water partition coefficient (Wildman–Crippen LogP) is 4.99. The highest BCUT2D eigenvalue weighted by molar-refractivity contribution is 6.00. The number of H-pyrrole nitrogens is 1. The van der Waals surface area contributed by atoms with Gasteiger partial charge in [-0.2, -0.15) is 5.10 Å². The van der Waals surface area contributed by atoms with Gasteiger partial charge in [-0.05, 0) is 66.4 Å². The fraction of sp³-hybridized carbons (Fsp3) is 0.154. The molecule has 2 heterocycles. The number of carbonyl (C=O) groups excluding carboxylic acids is 1. The molecule has 3 N–H and O–H groups in total. The van der Waals surface area contributed by atoms with Gasteiger partial charge < -0.3 is 15.1 Å². The second-order valence-corrected chi connectivity index (χ2v) is 8.40. The van der Waals surface area contributed by atoms with Crippen molar-refractivity contribution in [2.45, 2.75) is 26.4 Å². The molecular formula is C26H22FN3O3. The summed E-state index contributed by atoms with van der Waals surface area (Å²) in [5.41, 5.74) is 5.12. The quantitative estimate of drug-likeness (QED) is 0.415. The van der Waals surface area contributed by atoms with Gasteiger partial charge in [0.2, 0.25) is 0 Å². The minimum atomic E-state index is -0.557. The summed E-state index contributed by atoms with van der Waals surface area (Å²) in [6.45, 7) is 3.99. The van der Waals surface area contributed by atoms with Gasteiger partial charge in [0, 0.05) is 17.7 Å². The molecule has 1 aliphatic rings. The van der Waals surface area contributed by atoms with Crippen molar-refractivity contribution in [2.75, 3.05) is 0 Å². The molecule has 0 bridgehead atoms. The summed E-state index contributed by atoms with van der Waals surface area (Å²) in [5, 5.41) is 28.2. The van der Waals surface area contributed by atoms with Crippen LogP contribution in [0.4, 0.5) is 4.39 Å². The summed E-state index contributed by atoms with van der Waals surface area (Å²) in [5.74, 6) is -0.424. The minimum Gasteiger partial charge on any atom is -0.508 e. The molecule has 0 saturated carbocycles. The maximum atomic E-state index is 13.5. The topological polar surface area (TPSA) is 89.4 Å². The molecule has 0 aliphatic carbocycles. The predicted molar refractivity (Wildman–Crippen MR) is 121 cm³/mol. The minimum absolute atomic E-state index is 0.0782. The summed E-state index contributed by atoms with van der Waals surface area (Å²) in [6.07, 6.45) is 0. The molecule has 0 fully saturated rings. The number of benzene rings is 3. The lowest BCUT2D eigenvalue weighted by molar-refractivity contribution is 0.0730. The molecule has 1 atom stereocenters. The standard InChI is InChI=1S/C26H22FN3O3/c1-14-10-15(2)25(32)20(11-14)22-21-23(29-28-22)26(33)30(13-16-6-8-18(27)9-7-16)24(21)17-4-3-5-19(31)12-17/h3-12,24,31-32H,13H2,1-2H3,(H,28,29)/t24-/m0/s1. The lowest BCUT2D eigenvalue weighted by Crippen LogP contribution is -2.29. The van der Waals surface area contributed by atoms with Gasteiger partial charge in [-0.3, -0.25) is 9.89 Å². The van der Waals surface area contributed by atoms with Crippen molar-refractivity contribution in [1.29, 1.82) is 0 Å². The van der Waals surface area contributed by atoms with E-state index < -0.39 is 6.04 Å². The number of aromatic amines is 1. The van der Waals surface area contributed by atoms with E-state index in [-0.39, 0.29) is 29.8 Å². The number of fused-ring (bicyclic) bond motifs is 1. The Kier molecular flexibility index (Phi) is 4.89. The first-order valence-electron chi connectivity index (χ1n) is 10.6. The smallest absolute Gasteiger partial charge is 0.273 e. The Morgan fingerprint density at radius 2 is 1.82 bits per heavy atom. The Labute approximate surface area is 189 Å². The van der Waals surface area contributed by atoms with Crippen molar-refractivity contribution in [3.63, 3.8) is 0 Å². The number of aromatic hydroxyl groups is 2. The van der Waals surface area contributed by atoms with E-state index in [4.69, 9.17) is 0 Å². The van der Waals surface area contributed by atoms with Gasteiger partial charge in [0.25, 0.3) is 5.91 Å². The molecule has 5 rings (SSSR count). The largest absolute Gasteiger partial charge is 0.508 e. The lowest BCUT2D eigenvalue weighted by Gasteiger charge is -2.26. The third-order valence-corrected chi connectivity index (χ3v) is 6.02. The van der Waals surface area contributed by atoms with E-state index in [1.165, 1.54) is 12.1 Å². The summed E-state index contributed by atoms with van der Waals surface area (Å²) in [7, 11) is 0. The van der Waals surface area contributed by atoms with Crippen molar-refractivity contribution in [2.24, 2.45) is 0 Å². The number of aryl methyl sites for hydroxylation is 2. The van der Waals surface area contributed by atoms with Crippen LogP contribution in [-0.2, 0) is 6.54 Å². The zero-order chi connectivity index (χ0) is 23.3. The maximum absolute atomic E-state index is 13.5. The number of rotatable bonds is 4. The van der Waals surface area contributed by atoms with Crippen molar-refractivity contribution in [3.8, 4) is 22.8 Å². The van der Waals surface area contributed by atoms with Crippen LogP contribution in [-0.4, -0.2) is 31.2 Å². The molecule has 1 amide bonds. The van der Waals surface area contributed by atoms with Gasteiger partial charge in [0.15, 0.2) is 0 Å². The van der Waals surface area contributed by atoms with E-state index in [0.717, 1.165) is 11.1 Å². The van der Waals surface area contributed by atoms with Crippen LogP contribution in [0.25, 0.3) is 11.3 Å². The molecule has 0 unspecified atom stereocenters. The van der Waals surface area contributed by atoms with Crippen LogP contribution in [0.3, 0.4) is 0 Å². The number of hydrogen-bond acceptors (Lipinski definition) is 4. The SMILES string of the molecule is Cc1cc(C)c(O)c(-c2n[nH]c3c2[C@H](c2cccc(O)c2)N(Cc2ccc(F)cc2)C3=O)c1. The molecule has 0 radical (unpaired) electrons. The Morgan fingerprint density at radius 3 is 2.55 bits per heavy atom. The van der Waals surface area contributed by atoms with E-state index in [0.29, 0.717) is 33.6 Å². The third-order valence-electron chi connectivity index (χ3n) is 6.02. The van der Waals surface area contributed by atoms with Crippen LogP contribution in [0.2, 0.25) is 0 Å². The first kappa shape index (κ1) is 20.8. The number of hydrogen-bond donors (Lipinski definition) is 3. The number of halogens is 1. The van der Waals surface area contributed by atoms with Crippen molar-refractivity contribution >= 4 is 5.91 Å². The van der Waals surface area contributed by atoms with Gasteiger partial charge in [-0.25, -0.2) is 4.39 Å². The van der Waals surface area contributed by atoms with E-state index in [9.17, 15) is 19.4 Å². The Balaban J connectivity index is 1.69. The first-order chi connectivity index (χ1) is 15.8. The Morgan fingerprint density at radius 1 is 1.06 bits per heavy atom. The van der Waals surface area contributed by atoms with Gasteiger partial charge in [0.1, 0.15) is 28.7 Å². The highest BCUT2D eigenvalue weighted by Crippen LogP contribution is 2.46. The highest BCUT2D eigenvalue weighted by atomic mass is 19.1. The number of aromatic nitrogens is 2. The van der Waals surface area contributed by atoms with E-state index in [1.54, 1.807) is 35.2 Å². The van der Waals surface area contributed by atoms with Crippen LogP contribution in [0.5, 0.6) is 11.5 Å². The second kappa shape index (κ2) is 7.78. The molecule has 33 heavy (non-hydrogen) atoms. The first-order valence-corrected chi connectivity index (χ1v) is 10.6. The molecule has 166 valence electrons. The monoisotopic (exact) mass is 443 g/mol. The fourth-order valence-electron chi connectivity index (χ4n) is 4.53. The van der Waals surface area contributed by atoms with Crippen molar-refractivity contribution < 1.29 is 19.4 Å². The van der Waals surface area contributed by atoms with Gasteiger partial charge in [-0.15, -0.1) is 0 Å². The highest BCUT2D eigenvalue weighted by Gasteiger charge is 2.42. The summed E-state index contributed by atoms with van der Waals surface area (Å²) < 4.78 is 13.4. The maximum Gasteiger partial charge on any atom is 0.273 e. The molecular weight excluding hydrogens is 421 g/mol. The fourth-order valence-corrected chi connectivity index (χ4v) is 4.53. The number of phenols is 2. The number of carbonyl (C=O) groups is 1. The lowest BCUT2D eigenvalue weighted by atomic mass is 9.94. The molecule has 6 nitrogen and oxygen atoms in total. The molecule has 0 spiro atoms. The van der Waals surface area contributed by atoms with Crippen molar-refractivity contribution in [1.82, 2.24) is 15.1 Å². The van der Waals surface area contributed by atoms with Crippen LogP contribution in [0.15, 0.2) is 60.7 Å². The normalized spacial score (nSPS) is 15.2. The molecule has 0 saturated heterocycles. The van der Waals surface area contributed by atoms with Crippen LogP contribution >= 0.6 is 0 Å². The van der Waals surface area contributed by atoms with Crippen LogP contribution in [0, 0.1) is 19.7 Å². The molecule has 7 heteroatoms. The average Bonchev–Trinajstić information content (AvgIpc) is 3.31. The van der Waals surface area contributed by atoms with Crippen LogP contribution < -0.4 is 0 Å². The van der Waals surface area contributed by atoms with E-state index >= 15 is 0 Å². The molecule has 3 aromatic carbocycles. The number of nitrogens with zero attached hydrogens (tertiary/aromatic N) is 2. The summed E-state index contributed by atoms with van der Waals surface area (Å²) in [4.78, 5) is 15.1. The number of nitrogens with one attached hydrogen (secondary N) is 1.